The van der Waals surface area contributed by atoms with Gasteiger partial charge in [0, 0.05) is 24.4 Å². The van der Waals surface area contributed by atoms with Crippen LogP contribution in [0.3, 0.4) is 0 Å². The minimum atomic E-state index is -0.0707. The molecule has 0 radical (unpaired) electrons. The third-order valence-corrected chi connectivity index (χ3v) is 7.34. The second kappa shape index (κ2) is 9.11. The quantitative estimate of drug-likeness (QED) is 0.294. The topological polar surface area (TPSA) is 73.7 Å². The van der Waals surface area contributed by atoms with E-state index in [0.29, 0.717) is 46.3 Å². The van der Waals surface area contributed by atoms with Crippen LogP contribution >= 0.6 is 11.8 Å². The van der Waals surface area contributed by atoms with Crippen LogP contribution in [0.5, 0.6) is 11.5 Å². The second-order valence-corrected chi connectivity index (χ2v) is 9.54. The maximum atomic E-state index is 13.4. The summed E-state index contributed by atoms with van der Waals surface area (Å²) in [5, 5.41) is 1.25. The highest BCUT2D eigenvalue weighted by molar-refractivity contribution is 7.98. The molecule has 0 saturated carbocycles. The highest BCUT2D eigenvalue weighted by atomic mass is 32.2. The zero-order valence-corrected chi connectivity index (χ0v) is 19.8. The maximum absolute atomic E-state index is 13.4. The van der Waals surface area contributed by atoms with Crippen molar-refractivity contribution in [2.75, 3.05) is 18.2 Å². The van der Waals surface area contributed by atoms with Gasteiger partial charge in [0.25, 0.3) is 5.56 Å². The van der Waals surface area contributed by atoms with Crippen molar-refractivity contribution >= 4 is 34.3 Å². The smallest absolute Gasteiger partial charge is 0.262 e. The third kappa shape index (κ3) is 4.25. The van der Waals surface area contributed by atoms with E-state index < -0.39 is 0 Å². The van der Waals surface area contributed by atoms with Crippen molar-refractivity contribution in [2.45, 2.75) is 30.3 Å². The Balaban J connectivity index is 1.29. The first kappa shape index (κ1) is 21.7. The number of hydrogen-bond donors (Lipinski definition) is 0. The van der Waals surface area contributed by atoms with E-state index in [4.69, 9.17) is 14.5 Å². The molecular formula is C27H23N3O4S. The van der Waals surface area contributed by atoms with Crippen LogP contribution in [0.15, 0.2) is 76.7 Å². The van der Waals surface area contributed by atoms with E-state index in [1.807, 2.05) is 71.6 Å². The van der Waals surface area contributed by atoms with Crippen LogP contribution < -0.4 is 19.9 Å². The van der Waals surface area contributed by atoms with Crippen LogP contribution in [-0.2, 0) is 17.1 Å². The summed E-state index contributed by atoms with van der Waals surface area (Å²) in [6, 6.07) is 21.2. The second-order valence-electron chi connectivity index (χ2n) is 8.59. The predicted molar refractivity (Wildman–Crippen MR) is 135 cm³/mol. The highest BCUT2D eigenvalue weighted by Gasteiger charge is 2.21. The number of nitrogens with zero attached hydrogens (tertiary/aromatic N) is 3. The van der Waals surface area contributed by atoms with Gasteiger partial charge in [0.2, 0.25) is 12.7 Å². The number of anilines is 1. The molecule has 7 nitrogen and oxygen atoms in total. The molecule has 6 rings (SSSR count). The molecule has 2 aliphatic heterocycles. The summed E-state index contributed by atoms with van der Waals surface area (Å²) in [6.45, 7) is 1.37. The Morgan fingerprint density at radius 3 is 2.54 bits per heavy atom. The molecule has 0 unspecified atom stereocenters. The number of aromatic nitrogens is 2. The number of carbonyl (C=O) groups is 1. The number of benzene rings is 3. The molecule has 3 heterocycles. The molecule has 3 aromatic carbocycles. The van der Waals surface area contributed by atoms with Crippen molar-refractivity contribution in [1.82, 2.24) is 9.55 Å². The van der Waals surface area contributed by atoms with Gasteiger partial charge in [-0.15, -0.1) is 0 Å². The van der Waals surface area contributed by atoms with Crippen molar-refractivity contribution in [3.63, 3.8) is 0 Å². The number of thioether (sulfide) groups is 1. The normalized spacial score (nSPS) is 14.7. The Labute approximate surface area is 206 Å². The van der Waals surface area contributed by atoms with Crippen molar-refractivity contribution < 1.29 is 14.3 Å². The zero-order chi connectivity index (χ0) is 23.8. The van der Waals surface area contributed by atoms with Crippen molar-refractivity contribution in [3.8, 4) is 11.5 Å². The molecule has 8 heteroatoms. The fraction of sp³-hybridized carbons (Fsp3) is 0.222. The van der Waals surface area contributed by atoms with Gasteiger partial charge in [-0.25, -0.2) is 4.98 Å². The average molecular weight is 486 g/mol. The summed E-state index contributed by atoms with van der Waals surface area (Å²) in [4.78, 5) is 32.1. The largest absolute Gasteiger partial charge is 0.454 e. The third-order valence-electron chi connectivity index (χ3n) is 6.29. The van der Waals surface area contributed by atoms with Gasteiger partial charge in [0.15, 0.2) is 16.7 Å². The molecule has 0 spiro atoms. The van der Waals surface area contributed by atoms with E-state index in [1.54, 1.807) is 4.57 Å². The molecular weight excluding hydrogens is 462 g/mol. The minimum Gasteiger partial charge on any atom is -0.454 e. The molecule has 0 bridgehead atoms. The lowest BCUT2D eigenvalue weighted by molar-refractivity contribution is -0.117. The standard InChI is InChI=1S/C27H23N3O4S/c31-25-6-3-13-29(25)20-10-7-18(8-11-20)16-35-27-28-22-5-2-1-4-21(22)26(32)30(27)15-19-9-12-23-24(14-19)34-17-33-23/h1-2,4-5,7-12,14H,3,6,13,15-17H2. The van der Waals surface area contributed by atoms with Crippen LogP contribution in [0.25, 0.3) is 10.9 Å². The Hall–Kier alpha value is -3.78. The first-order valence-electron chi connectivity index (χ1n) is 11.6. The Bertz CT molecular complexity index is 1480. The lowest BCUT2D eigenvalue weighted by Crippen LogP contribution is -2.24. The fourth-order valence-electron chi connectivity index (χ4n) is 4.46. The molecule has 1 aromatic heterocycles. The number of carbonyl (C=O) groups excluding carboxylic acids is 1. The molecule has 1 amide bonds. The van der Waals surface area contributed by atoms with Crippen LogP contribution in [0.2, 0.25) is 0 Å². The average Bonchev–Trinajstić information content (AvgIpc) is 3.53. The summed E-state index contributed by atoms with van der Waals surface area (Å²) in [6.07, 6.45) is 1.52. The van der Waals surface area contributed by atoms with Crippen LogP contribution in [-0.4, -0.2) is 28.8 Å². The van der Waals surface area contributed by atoms with Gasteiger partial charge in [0.05, 0.1) is 17.4 Å². The lowest BCUT2D eigenvalue weighted by atomic mass is 10.2. The number of ether oxygens (including phenoxy) is 2. The molecule has 35 heavy (non-hydrogen) atoms. The van der Waals surface area contributed by atoms with Gasteiger partial charge in [-0.2, -0.15) is 0 Å². The van der Waals surface area contributed by atoms with E-state index in [0.717, 1.165) is 29.8 Å². The molecule has 0 atom stereocenters. The fourth-order valence-corrected chi connectivity index (χ4v) is 5.41. The number of amides is 1. The first-order valence-corrected chi connectivity index (χ1v) is 12.5. The Kier molecular flexibility index (Phi) is 5.66. The molecule has 0 N–H and O–H groups in total. The van der Waals surface area contributed by atoms with Gasteiger partial charge >= 0.3 is 0 Å². The molecule has 2 aliphatic rings. The van der Waals surface area contributed by atoms with Gasteiger partial charge in [-0.1, -0.05) is 42.1 Å². The molecule has 1 saturated heterocycles. The van der Waals surface area contributed by atoms with Gasteiger partial charge in [-0.05, 0) is 53.9 Å². The summed E-state index contributed by atoms with van der Waals surface area (Å²) in [5.41, 5.74) is 3.59. The van der Waals surface area contributed by atoms with Crippen molar-refractivity contribution in [1.29, 1.82) is 0 Å². The summed E-state index contributed by atoms with van der Waals surface area (Å²) in [7, 11) is 0. The summed E-state index contributed by atoms with van der Waals surface area (Å²) < 4.78 is 12.6. The van der Waals surface area contributed by atoms with Gasteiger partial charge in [0.1, 0.15) is 0 Å². The molecule has 4 aromatic rings. The van der Waals surface area contributed by atoms with Gasteiger partial charge in [-0.3, -0.25) is 14.2 Å². The minimum absolute atomic E-state index is 0.0707. The summed E-state index contributed by atoms with van der Waals surface area (Å²) in [5.74, 6) is 2.24. The summed E-state index contributed by atoms with van der Waals surface area (Å²) >= 11 is 1.53. The van der Waals surface area contributed by atoms with E-state index in [-0.39, 0.29) is 18.3 Å². The zero-order valence-electron chi connectivity index (χ0n) is 19.0. The highest BCUT2D eigenvalue weighted by Crippen LogP contribution is 2.33. The molecule has 0 aliphatic carbocycles. The lowest BCUT2D eigenvalue weighted by Gasteiger charge is -2.16. The number of fused-ring (bicyclic) bond motifs is 2. The predicted octanol–water partition coefficient (Wildman–Crippen LogP) is 4.59. The van der Waals surface area contributed by atoms with Crippen LogP contribution in [0.4, 0.5) is 5.69 Å². The van der Waals surface area contributed by atoms with Gasteiger partial charge < -0.3 is 14.4 Å². The molecule has 176 valence electrons. The Morgan fingerprint density at radius 2 is 1.71 bits per heavy atom. The monoisotopic (exact) mass is 485 g/mol. The van der Waals surface area contributed by atoms with E-state index in [1.165, 1.54) is 11.8 Å². The van der Waals surface area contributed by atoms with E-state index in [9.17, 15) is 9.59 Å². The Morgan fingerprint density at radius 1 is 0.914 bits per heavy atom. The van der Waals surface area contributed by atoms with Crippen molar-refractivity contribution in [2.24, 2.45) is 0 Å². The van der Waals surface area contributed by atoms with Crippen LogP contribution in [0.1, 0.15) is 24.0 Å². The number of para-hydroxylation sites is 1. The van der Waals surface area contributed by atoms with E-state index >= 15 is 0 Å². The SMILES string of the molecule is O=C1CCCN1c1ccc(CSc2nc3ccccc3c(=O)n2Cc2ccc3c(c2)OCO3)cc1. The maximum Gasteiger partial charge on any atom is 0.262 e. The van der Waals surface area contributed by atoms with Crippen molar-refractivity contribution in [3.05, 3.63) is 88.2 Å². The van der Waals surface area contributed by atoms with E-state index in [2.05, 4.69) is 0 Å². The van der Waals surface area contributed by atoms with Crippen LogP contribution in [0, 0.1) is 0 Å². The number of rotatable bonds is 6. The molecule has 1 fully saturated rings. The number of hydrogen-bond acceptors (Lipinski definition) is 6. The first-order chi connectivity index (χ1) is 17.2.